The van der Waals surface area contributed by atoms with Crippen molar-refractivity contribution in [3.8, 4) is 0 Å². The fourth-order valence-corrected chi connectivity index (χ4v) is 2.12. The average Bonchev–Trinajstić information content (AvgIpc) is 2.52. The molecule has 0 bridgehead atoms. The largest absolute Gasteiger partial charge is 0.281 e. The molecule has 0 aromatic rings. The highest BCUT2D eigenvalue weighted by Gasteiger charge is 1.98. The van der Waals surface area contributed by atoms with Gasteiger partial charge in [-0.25, -0.2) is 0 Å². The van der Waals surface area contributed by atoms with Crippen LogP contribution in [0.3, 0.4) is 0 Å². The molecular weight excluding hydrogens is 445 g/mol. The maximum Gasteiger partial charge on any atom is 0.221 e. The summed E-state index contributed by atoms with van der Waals surface area (Å²) in [6, 6.07) is 0. The molecule has 0 aromatic carbocycles. The van der Waals surface area contributed by atoms with Gasteiger partial charge in [0.2, 0.25) is 21.0 Å². The number of hydrogen-bond acceptors (Lipinski definition) is 4. The molecule has 0 saturated heterocycles. The Labute approximate surface area is 181 Å². The van der Waals surface area contributed by atoms with Gasteiger partial charge in [0.05, 0.1) is 0 Å². The lowest BCUT2D eigenvalue weighted by Gasteiger charge is -1.91. The van der Waals surface area contributed by atoms with E-state index in [1.807, 2.05) is 0 Å². The fraction of sp³-hybridized carbons (Fsp3) is 0.765. The third-order valence-corrected chi connectivity index (χ3v) is 3.75. The Balaban J connectivity index is -0.000000308. The number of carbonyl (C=O) groups excluding carboxylic acids is 4. The molecule has 0 rings (SSSR count). The first-order chi connectivity index (χ1) is 12.2. The molecule has 0 atom stereocenters. The minimum atomic E-state index is -0.359. The molecule has 0 heterocycles. The Morgan fingerprint density at radius 2 is 0.808 bits per heavy atom. The van der Waals surface area contributed by atoms with E-state index in [1.165, 1.54) is 0 Å². The second-order valence-corrected chi connectivity index (χ2v) is 7.30. The summed E-state index contributed by atoms with van der Waals surface area (Å²) >= 11 is 25.5. The highest BCUT2D eigenvalue weighted by Crippen LogP contribution is 2.04. The number of unbranched alkanes of at least 4 members (excludes halogenated alkanes) is 4. The van der Waals surface area contributed by atoms with Crippen molar-refractivity contribution in [1.82, 2.24) is 0 Å². The van der Waals surface area contributed by atoms with Crippen LogP contribution in [0, 0.1) is 0 Å². The molecule has 0 amide bonds. The van der Waals surface area contributed by atoms with Crippen molar-refractivity contribution >= 4 is 79.0 Å². The van der Waals surface area contributed by atoms with E-state index in [-0.39, 0.29) is 21.0 Å². The number of carbonyl (C=O) groups is 4. The summed E-state index contributed by atoms with van der Waals surface area (Å²) in [6.45, 7) is 2.10. The van der Waals surface area contributed by atoms with Gasteiger partial charge in [-0.3, -0.25) is 19.2 Å². The van der Waals surface area contributed by atoms with Crippen LogP contribution in [0.1, 0.15) is 77.6 Å². The molecule has 0 aliphatic rings. The first-order valence-electron chi connectivity index (χ1n) is 8.46. The fourth-order valence-electron chi connectivity index (χ4n) is 1.40. The van der Waals surface area contributed by atoms with Crippen LogP contribution in [-0.2, 0) is 19.2 Å². The number of hydrogen-bond donors (Lipinski definition) is 0. The van der Waals surface area contributed by atoms with Gasteiger partial charge in [0.25, 0.3) is 0 Å². The predicted molar refractivity (Wildman–Crippen MR) is 111 cm³/mol. The Bertz CT molecular complexity index is 353. The summed E-state index contributed by atoms with van der Waals surface area (Å²) in [5.74, 6) is 0.615. The van der Waals surface area contributed by atoms with Gasteiger partial charge in [0, 0.05) is 31.6 Å². The normalized spacial score (nSPS) is 9.31. The van der Waals surface area contributed by atoms with Crippen LogP contribution in [0.25, 0.3) is 0 Å². The Hall–Kier alpha value is 0.130. The molecule has 0 radical (unpaired) electrons. The van der Waals surface area contributed by atoms with Crippen molar-refractivity contribution in [2.45, 2.75) is 77.6 Å². The van der Waals surface area contributed by atoms with Gasteiger partial charge in [0.15, 0.2) is 0 Å². The zero-order valence-electron chi connectivity index (χ0n) is 15.0. The van der Waals surface area contributed by atoms with Crippen molar-refractivity contribution in [1.29, 1.82) is 0 Å². The van der Waals surface area contributed by atoms with E-state index in [0.29, 0.717) is 44.4 Å². The van der Waals surface area contributed by atoms with E-state index in [4.69, 9.17) is 58.0 Å². The second kappa shape index (κ2) is 25.1. The van der Waals surface area contributed by atoms with Crippen molar-refractivity contribution in [2.24, 2.45) is 0 Å². The lowest BCUT2D eigenvalue weighted by Crippen LogP contribution is -1.89. The van der Waals surface area contributed by atoms with Crippen molar-refractivity contribution in [3.63, 3.8) is 0 Å². The van der Waals surface area contributed by atoms with Gasteiger partial charge >= 0.3 is 0 Å². The summed E-state index contributed by atoms with van der Waals surface area (Å²) in [5.41, 5.74) is 0. The average molecular weight is 473 g/mol. The standard InChI is InChI=1S/C6H8Cl2O2.C6H11ClO.C5H8Cl2O/c7-5(9)3-1-2-4-6(8)10;1-2-3-4-5-6(7)8;6-4-2-1-3-5(7)8/h1-4H2;2-5H2,1H3;1-4H2. The third-order valence-electron chi connectivity index (χ3n) is 2.73. The van der Waals surface area contributed by atoms with E-state index in [2.05, 4.69) is 6.92 Å². The highest BCUT2D eigenvalue weighted by molar-refractivity contribution is 6.64. The first-order valence-corrected chi connectivity index (χ1v) is 10.5. The molecule has 0 aliphatic carbocycles. The van der Waals surface area contributed by atoms with E-state index in [0.717, 1.165) is 32.1 Å². The summed E-state index contributed by atoms with van der Waals surface area (Å²) in [7, 11) is 0. The first kappa shape index (κ1) is 30.8. The zero-order valence-corrected chi connectivity index (χ0v) is 18.8. The smallest absolute Gasteiger partial charge is 0.221 e. The molecular formula is C17H27Cl5O4. The summed E-state index contributed by atoms with van der Waals surface area (Å²) in [4.78, 5) is 40.4. The summed E-state index contributed by atoms with van der Waals surface area (Å²) < 4.78 is 0. The highest BCUT2D eigenvalue weighted by atomic mass is 35.5. The van der Waals surface area contributed by atoms with Gasteiger partial charge in [-0.1, -0.05) is 19.8 Å². The SMILES string of the molecule is CCCCCC(=O)Cl.O=C(Cl)CCCCC(=O)Cl.O=C(Cl)CCCCCl. The summed E-state index contributed by atoms with van der Waals surface area (Å²) in [6.07, 6.45) is 7.80. The number of alkyl halides is 1. The van der Waals surface area contributed by atoms with Crippen LogP contribution in [0.5, 0.6) is 0 Å². The molecule has 0 fully saturated rings. The van der Waals surface area contributed by atoms with Crippen LogP contribution in [0.2, 0.25) is 0 Å². The van der Waals surface area contributed by atoms with Gasteiger partial charge < -0.3 is 0 Å². The molecule has 0 N–H and O–H groups in total. The van der Waals surface area contributed by atoms with Crippen LogP contribution < -0.4 is 0 Å². The third kappa shape index (κ3) is 44.0. The van der Waals surface area contributed by atoms with Crippen LogP contribution >= 0.6 is 58.0 Å². The van der Waals surface area contributed by atoms with Gasteiger partial charge in [-0.05, 0) is 78.5 Å². The molecule has 0 unspecified atom stereocenters. The van der Waals surface area contributed by atoms with Gasteiger partial charge in [0.1, 0.15) is 0 Å². The molecule has 0 aliphatic heterocycles. The van der Waals surface area contributed by atoms with E-state index in [1.54, 1.807) is 0 Å². The Morgan fingerprint density at radius 3 is 1.04 bits per heavy atom. The minimum absolute atomic E-state index is 0.210. The number of halogens is 5. The molecule has 0 aromatic heterocycles. The maximum absolute atomic E-state index is 10.1. The Kier molecular flexibility index (Phi) is 29.8. The van der Waals surface area contributed by atoms with Crippen molar-refractivity contribution in [2.75, 3.05) is 5.88 Å². The topological polar surface area (TPSA) is 68.3 Å². The summed E-state index contributed by atoms with van der Waals surface area (Å²) in [5, 5.41) is -1.20. The van der Waals surface area contributed by atoms with E-state index < -0.39 is 0 Å². The molecule has 4 nitrogen and oxygen atoms in total. The van der Waals surface area contributed by atoms with Gasteiger partial charge in [-0.2, -0.15) is 0 Å². The molecule has 9 heteroatoms. The molecule has 154 valence electrons. The monoisotopic (exact) mass is 470 g/mol. The predicted octanol–water partition coefficient (Wildman–Crippen LogP) is 6.57. The lowest BCUT2D eigenvalue weighted by molar-refractivity contribution is -0.113. The quantitative estimate of drug-likeness (QED) is 0.173. The zero-order chi connectivity index (χ0) is 20.8. The van der Waals surface area contributed by atoms with Crippen molar-refractivity contribution < 1.29 is 19.2 Å². The van der Waals surface area contributed by atoms with Crippen LogP contribution in [-0.4, -0.2) is 26.8 Å². The van der Waals surface area contributed by atoms with Crippen LogP contribution in [0.4, 0.5) is 0 Å². The minimum Gasteiger partial charge on any atom is -0.281 e. The molecule has 26 heavy (non-hydrogen) atoms. The number of rotatable bonds is 13. The maximum atomic E-state index is 10.1. The lowest BCUT2D eigenvalue weighted by atomic mass is 10.2. The second-order valence-electron chi connectivity index (χ2n) is 5.23. The van der Waals surface area contributed by atoms with Crippen LogP contribution in [0.15, 0.2) is 0 Å². The van der Waals surface area contributed by atoms with E-state index in [9.17, 15) is 19.2 Å². The van der Waals surface area contributed by atoms with Gasteiger partial charge in [-0.15, -0.1) is 11.6 Å². The molecule has 0 saturated carbocycles. The van der Waals surface area contributed by atoms with Crippen molar-refractivity contribution in [3.05, 3.63) is 0 Å². The Morgan fingerprint density at radius 1 is 0.538 bits per heavy atom. The molecule has 0 spiro atoms. The van der Waals surface area contributed by atoms with E-state index >= 15 is 0 Å².